The molecule has 2 amide bonds. The van der Waals surface area contributed by atoms with Gasteiger partial charge in [-0.15, -0.1) is 0 Å². The van der Waals surface area contributed by atoms with Crippen LogP contribution < -0.4 is 10.1 Å². The predicted octanol–water partition coefficient (Wildman–Crippen LogP) is 1.84. The van der Waals surface area contributed by atoms with Gasteiger partial charge in [0.05, 0.1) is 7.11 Å². The lowest BCUT2D eigenvalue weighted by atomic mass is 10.1. The van der Waals surface area contributed by atoms with Gasteiger partial charge in [0.1, 0.15) is 11.8 Å². The highest BCUT2D eigenvalue weighted by Crippen LogP contribution is 2.21. The highest BCUT2D eigenvalue weighted by molar-refractivity contribution is 5.98. The summed E-state index contributed by atoms with van der Waals surface area (Å²) in [5.74, 6) is 0.572. The molecule has 1 saturated heterocycles. The Bertz CT molecular complexity index is 578. The lowest BCUT2D eigenvalue weighted by Gasteiger charge is -2.22. The summed E-state index contributed by atoms with van der Waals surface area (Å²) in [6, 6.07) is 7.20. The SMILES string of the molecule is CNC(=O)[C@@H]1CCCN1C(=O)/C=C(\C)c1ccc(OC)cc1. The molecule has 1 aromatic rings. The Morgan fingerprint density at radius 1 is 1.32 bits per heavy atom. The predicted molar refractivity (Wildman–Crippen MR) is 85.4 cm³/mol. The zero-order chi connectivity index (χ0) is 16.1. The Balaban J connectivity index is 2.12. The van der Waals surface area contributed by atoms with Crippen LogP contribution in [0.2, 0.25) is 0 Å². The summed E-state index contributed by atoms with van der Waals surface area (Å²) in [4.78, 5) is 25.9. The Kier molecular flexibility index (Phi) is 5.20. The molecule has 0 aromatic heterocycles. The molecule has 0 radical (unpaired) electrons. The first-order chi connectivity index (χ1) is 10.6. The van der Waals surface area contributed by atoms with Crippen LogP contribution in [0.1, 0.15) is 25.3 Å². The van der Waals surface area contributed by atoms with Gasteiger partial charge in [0.15, 0.2) is 0 Å². The Labute approximate surface area is 130 Å². The van der Waals surface area contributed by atoms with Crippen LogP contribution in [-0.2, 0) is 9.59 Å². The Morgan fingerprint density at radius 2 is 2.00 bits per heavy atom. The maximum atomic E-state index is 12.4. The third-order valence-corrected chi connectivity index (χ3v) is 3.97. The molecular weight excluding hydrogens is 280 g/mol. The van der Waals surface area contributed by atoms with Crippen molar-refractivity contribution in [3.8, 4) is 5.75 Å². The number of hydrogen-bond acceptors (Lipinski definition) is 3. The first-order valence-electron chi connectivity index (χ1n) is 7.41. The molecule has 22 heavy (non-hydrogen) atoms. The summed E-state index contributed by atoms with van der Waals surface area (Å²) in [5.41, 5.74) is 1.83. The summed E-state index contributed by atoms with van der Waals surface area (Å²) >= 11 is 0. The molecule has 1 fully saturated rings. The van der Waals surface area contributed by atoms with Crippen LogP contribution in [0.5, 0.6) is 5.75 Å². The zero-order valence-electron chi connectivity index (χ0n) is 13.3. The van der Waals surface area contributed by atoms with E-state index < -0.39 is 0 Å². The smallest absolute Gasteiger partial charge is 0.247 e. The Morgan fingerprint density at radius 3 is 2.59 bits per heavy atom. The summed E-state index contributed by atoms with van der Waals surface area (Å²) in [7, 11) is 3.22. The zero-order valence-corrected chi connectivity index (χ0v) is 13.3. The van der Waals surface area contributed by atoms with Gasteiger partial charge in [-0.05, 0) is 43.0 Å². The number of carbonyl (C=O) groups excluding carboxylic acids is 2. The fraction of sp³-hybridized carbons (Fsp3) is 0.412. The molecule has 1 aliphatic rings. The number of nitrogens with one attached hydrogen (secondary N) is 1. The van der Waals surface area contributed by atoms with E-state index in [0.29, 0.717) is 6.54 Å². The van der Waals surface area contributed by atoms with Crippen molar-refractivity contribution in [2.75, 3.05) is 20.7 Å². The van der Waals surface area contributed by atoms with Crippen LogP contribution in [0.4, 0.5) is 0 Å². The average molecular weight is 302 g/mol. The van der Waals surface area contributed by atoms with Crippen molar-refractivity contribution < 1.29 is 14.3 Å². The molecule has 0 bridgehead atoms. The van der Waals surface area contributed by atoms with Crippen molar-refractivity contribution in [3.63, 3.8) is 0 Å². The second-order valence-corrected chi connectivity index (χ2v) is 5.36. The van der Waals surface area contributed by atoms with E-state index in [1.165, 1.54) is 0 Å². The van der Waals surface area contributed by atoms with Crippen LogP contribution in [0.25, 0.3) is 5.57 Å². The van der Waals surface area contributed by atoms with Gasteiger partial charge >= 0.3 is 0 Å². The third kappa shape index (κ3) is 3.47. The molecule has 1 N–H and O–H groups in total. The molecule has 0 unspecified atom stereocenters. The molecule has 1 atom stereocenters. The maximum absolute atomic E-state index is 12.4. The number of ether oxygens (including phenoxy) is 1. The number of likely N-dealkylation sites (tertiary alicyclic amines) is 1. The number of carbonyl (C=O) groups is 2. The van der Waals surface area contributed by atoms with E-state index in [4.69, 9.17) is 4.74 Å². The number of hydrogen-bond donors (Lipinski definition) is 1. The fourth-order valence-corrected chi connectivity index (χ4v) is 2.68. The van der Waals surface area contributed by atoms with E-state index in [9.17, 15) is 9.59 Å². The van der Waals surface area contributed by atoms with Crippen LogP contribution in [0.3, 0.4) is 0 Å². The van der Waals surface area contributed by atoms with Crippen LogP contribution >= 0.6 is 0 Å². The van der Waals surface area contributed by atoms with Gasteiger partial charge in [-0.25, -0.2) is 0 Å². The molecule has 118 valence electrons. The van der Waals surface area contributed by atoms with Crippen molar-refractivity contribution in [1.82, 2.24) is 10.2 Å². The fourth-order valence-electron chi connectivity index (χ4n) is 2.68. The second kappa shape index (κ2) is 7.11. The molecular formula is C17H22N2O3. The molecule has 2 rings (SSSR count). The van der Waals surface area contributed by atoms with Gasteiger partial charge in [0.25, 0.3) is 0 Å². The summed E-state index contributed by atoms with van der Waals surface area (Å²) < 4.78 is 5.12. The number of nitrogens with zero attached hydrogens (tertiary/aromatic N) is 1. The first kappa shape index (κ1) is 16.1. The minimum atomic E-state index is -0.350. The lowest BCUT2D eigenvalue weighted by Crippen LogP contribution is -2.44. The minimum Gasteiger partial charge on any atom is -0.497 e. The Hall–Kier alpha value is -2.30. The van der Waals surface area contributed by atoms with Crippen molar-refractivity contribution in [1.29, 1.82) is 0 Å². The van der Waals surface area contributed by atoms with Crippen molar-refractivity contribution >= 4 is 17.4 Å². The van der Waals surface area contributed by atoms with Gasteiger partial charge in [-0.3, -0.25) is 9.59 Å². The van der Waals surface area contributed by atoms with Gasteiger partial charge in [0.2, 0.25) is 11.8 Å². The number of allylic oxidation sites excluding steroid dienone is 1. The van der Waals surface area contributed by atoms with Gasteiger partial charge in [0, 0.05) is 19.7 Å². The largest absolute Gasteiger partial charge is 0.497 e. The van der Waals surface area contributed by atoms with Crippen molar-refractivity contribution in [2.24, 2.45) is 0 Å². The van der Waals surface area contributed by atoms with E-state index in [1.54, 1.807) is 25.1 Å². The lowest BCUT2D eigenvalue weighted by molar-refractivity contribution is -0.134. The molecule has 0 aliphatic carbocycles. The van der Waals surface area contributed by atoms with E-state index in [2.05, 4.69) is 5.32 Å². The standard InChI is InChI=1S/C17H22N2O3/c1-12(13-6-8-14(22-3)9-7-13)11-16(20)19-10-4-5-15(19)17(21)18-2/h6-9,11,15H,4-5,10H2,1-3H3,(H,18,21)/b12-11+/t15-/m0/s1. The number of amides is 2. The molecule has 0 spiro atoms. The second-order valence-electron chi connectivity index (χ2n) is 5.36. The molecule has 0 saturated carbocycles. The van der Waals surface area contributed by atoms with Crippen molar-refractivity contribution in [2.45, 2.75) is 25.8 Å². The van der Waals surface area contributed by atoms with E-state index in [1.807, 2.05) is 31.2 Å². The maximum Gasteiger partial charge on any atom is 0.247 e. The van der Waals surface area contributed by atoms with Crippen LogP contribution in [0.15, 0.2) is 30.3 Å². The number of benzene rings is 1. The van der Waals surface area contributed by atoms with E-state index in [-0.39, 0.29) is 17.9 Å². The van der Waals surface area contributed by atoms with Gasteiger partial charge < -0.3 is 15.0 Å². The summed E-state index contributed by atoms with van der Waals surface area (Å²) in [6.07, 6.45) is 3.18. The van der Waals surface area contributed by atoms with Gasteiger partial charge in [-0.1, -0.05) is 12.1 Å². The highest BCUT2D eigenvalue weighted by atomic mass is 16.5. The summed E-state index contributed by atoms with van der Waals surface area (Å²) in [5, 5.41) is 2.62. The van der Waals surface area contributed by atoms with E-state index >= 15 is 0 Å². The number of likely N-dealkylation sites (N-methyl/N-ethyl adjacent to an activating group) is 1. The monoisotopic (exact) mass is 302 g/mol. The molecule has 1 heterocycles. The number of methoxy groups -OCH3 is 1. The van der Waals surface area contributed by atoms with Crippen LogP contribution in [0, 0.1) is 0 Å². The minimum absolute atomic E-state index is 0.0960. The van der Waals surface area contributed by atoms with E-state index in [0.717, 1.165) is 29.7 Å². The van der Waals surface area contributed by atoms with Crippen molar-refractivity contribution in [3.05, 3.63) is 35.9 Å². The molecule has 1 aromatic carbocycles. The average Bonchev–Trinajstić information content (AvgIpc) is 3.03. The third-order valence-electron chi connectivity index (χ3n) is 3.97. The molecule has 5 heteroatoms. The first-order valence-corrected chi connectivity index (χ1v) is 7.41. The highest BCUT2D eigenvalue weighted by Gasteiger charge is 2.32. The summed E-state index contributed by atoms with van der Waals surface area (Å²) in [6.45, 7) is 2.52. The quantitative estimate of drug-likeness (QED) is 0.863. The molecule has 5 nitrogen and oxygen atoms in total. The normalized spacial score (nSPS) is 18.2. The number of rotatable bonds is 4. The van der Waals surface area contributed by atoms with Crippen LogP contribution in [-0.4, -0.2) is 43.5 Å². The van der Waals surface area contributed by atoms with Gasteiger partial charge in [-0.2, -0.15) is 0 Å². The molecule has 1 aliphatic heterocycles. The topological polar surface area (TPSA) is 58.6 Å².